The second kappa shape index (κ2) is 2.84. The Kier molecular flexibility index (Phi) is 1.53. The van der Waals surface area contributed by atoms with Gasteiger partial charge >= 0.3 is 5.69 Å². The van der Waals surface area contributed by atoms with Gasteiger partial charge in [0, 0.05) is 22.7 Å². The molecule has 0 radical (unpaired) electrons. The number of nitrogens with one attached hydrogen (secondary N) is 3. The second-order valence-corrected chi connectivity index (χ2v) is 3.27. The summed E-state index contributed by atoms with van der Waals surface area (Å²) in [6.07, 6.45) is 1.83. The fraction of sp³-hybridized carbons (Fsp3) is 0. The Bertz CT molecular complexity index is 661. The van der Waals surface area contributed by atoms with E-state index >= 15 is 0 Å². The van der Waals surface area contributed by atoms with Crippen LogP contribution in [0, 0.1) is 0 Å². The third-order valence-corrected chi connectivity index (χ3v) is 2.35. The van der Waals surface area contributed by atoms with Crippen LogP contribution in [0.5, 0.6) is 0 Å². The molecule has 74 valence electrons. The standard InChI is InChI=1S/C10H8N4O/c15-10-12-9(13-14-10)7-5-11-8-4-2-1-3-6(7)8/h1-5,11H,(H2,12,13,14,15). The number of aromatic nitrogens is 4. The summed E-state index contributed by atoms with van der Waals surface area (Å²) in [5.74, 6) is 0.553. The molecule has 2 heterocycles. The normalized spacial score (nSPS) is 10.9. The van der Waals surface area contributed by atoms with Gasteiger partial charge in [-0.1, -0.05) is 18.2 Å². The van der Waals surface area contributed by atoms with Crippen LogP contribution in [0.3, 0.4) is 0 Å². The van der Waals surface area contributed by atoms with E-state index in [1.54, 1.807) is 0 Å². The summed E-state index contributed by atoms with van der Waals surface area (Å²) in [6.45, 7) is 0. The lowest BCUT2D eigenvalue weighted by Gasteiger charge is -1.91. The average Bonchev–Trinajstić information content (AvgIpc) is 2.83. The monoisotopic (exact) mass is 200 g/mol. The van der Waals surface area contributed by atoms with E-state index in [-0.39, 0.29) is 5.69 Å². The maximum absolute atomic E-state index is 10.9. The lowest BCUT2D eigenvalue weighted by atomic mass is 10.2. The van der Waals surface area contributed by atoms with Gasteiger partial charge in [-0.05, 0) is 6.07 Å². The number of rotatable bonds is 1. The zero-order chi connectivity index (χ0) is 10.3. The second-order valence-electron chi connectivity index (χ2n) is 3.27. The third-order valence-electron chi connectivity index (χ3n) is 2.35. The fourth-order valence-electron chi connectivity index (χ4n) is 1.67. The number of fused-ring (bicyclic) bond motifs is 1. The van der Waals surface area contributed by atoms with Gasteiger partial charge in [-0.3, -0.25) is 4.98 Å². The van der Waals surface area contributed by atoms with Crippen LogP contribution in [-0.2, 0) is 0 Å². The topological polar surface area (TPSA) is 77.3 Å². The molecule has 1 aromatic carbocycles. The highest BCUT2D eigenvalue weighted by Gasteiger charge is 2.07. The Morgan fingerprint density at radius 1 is 1.20 bits per heavy atom. The van der Waals surface area contributed by atoms with E-state index in [4.69, 9.17) is 0 Å². The van der Waals surface area contributed by atoms with Crippen molar-refractivity contribution in [2.75, 3.05) is 0 Å². The van der Waals surface area contributed by atoms with E-state index in [0.29, 0.717) is 5.82 Å². The minimum absolute atomic E-state index is 0.296. The number of benzene rings is 1. The molecule has 0 saturated heterocycles. The third kappa shape index (κ3) is 1.17. The van der Waals surface area contributed by atoms with Crippen LogP contribution in [0.4, 0.5) is 0 Å². The lowest BCUT2D eigenvalue weighted by molar-refractivity contribution is 1.05. The first-order valence-electron chi connectivity index (χ1n) is 4.56. The van der Waals surface area contributed by atoms with Crippen molar-refractivity contribution in [1.82, 2.24) is 20.2 Å². The molecule has 0 unspecified atom stereocenters. The van der Waals surface area contributed by atoms with Gasteiger partial charge < -0.3 is 4.98 Å². The molecule has 2 aromatic heterocycles. The number of nitrogens with zero attached hydrogens (tertiary/aromatic N) is 1. The van der Waals surface area contributed by atoms with Crippen molar-refractivity contribution < 1.29 is 0 Å². The summed E-state index contributed by atoms with van der Waals surface area (Å²) in [5, 5.41) is 7.28. The zero-order valence-electron chi connectivity index (χ0n) is 7.74. The van der Waals surface area contributed by atoms with Gasteiger partial charge in [-0.25, -0.2) is 9.89 Å². The van der Waals surface area contributed by atoms with Crippen molar-refractivity contribution in [2.45, 2.75) is 0 Å². The van der Waals surface area contributed by atoms with Crippen LogP contribution in [0.1, 0.15) is 0 Å². The minimum Gasteiger partial charge on any atom is -0.360 e. The van der Waals surface area contributed by atoms with Crippen molar-refractivity contribution >= 4 is 10.9 Å². The van der Waals surface area contributed by atoms with Crippen LogP contribution in [0.15, 0.2) is 35.3 Å². The summed E-state index contributed by atoms with van der Waals surface area (Å²) < 4.78 is 0. The average molecular weight is 200 g/mol. The van der Waals surface area contributed by atoms with Crippen LogP contribution >= 0.6 is 0 Å². The van der Waals surface area contributed by atoms with Crippen molar-refractivity contribution in [1.29, 1.82) is 0 Å². The van der Waals surface area contributed by atoms with Gasteiger partial charge in [0.1, 0.15) is 0 Å². The maximum atomic E-state index is 10.9. The molecule has 3 aromatic rings. The van der Waals surface area contributed by atoms with Gasteiger partial charge in [0.25, 0.3) is 0 Å². The first-order chi connectivity index (χ1) is 7.34. The lowest BCUT2D eigenvalue weighted by Crippen LogP contribution is -2.00. The molecule has 0 aliphatic heterocycles. The first kappa shape index (κ1) is 8.05. The number of hydrogen-bond donors (Lipinski definition) is 3. The molecule has 0 amide bonds. The predicted molar refractivity (Wildman–Crippen MR) is 56.5 cm³/mol. The Morgan fingerprint density at radius 2 is 2.07 bits per heavy atom. The summed E-state index contributed by atoms with van der Waals surface area (Å²) >= 11 is 0. The molecule has 3 N–H and O–H groups in total. The van der Waals surface area contributed by atoms with E-state index in [9.17, 15) is 4.79 Å². The molecule has 0 aliphatic carbocycles. The predicted octanol–water partition coefficient (Wildman–Crippen LogP) is 1.25. The van der Waals surface area contributed by atoms with Crippen molar-refractivity contribution in [3.05, 3.63) is 40.9 Å². The summed E-state index contributed by atoms with van der Waals surface area (Å²) in [4.78, 5) is 16.7. The number of para-hydroxylation sites is 1. The fourth-order valence-corrected chi connectivity index (χ4v) is 1.67. The highest BCUT2D eigenvalue weighted by atomic mass is 16.1. The van der Waals surface area contributed by atoms with Gasteiger partial charge in [0.2, 0.25) is 0 Å². The van der Waals surface area contributed by atoms with E-state index < -0.39 is 0 Å². The molecule has 0 saturated carbocycles. The maximum Gasteiger partial charge on any atom is 0.340 e. The van der Waals surface area contributed by atoms with Crippen LogP contribution in [-0.4, -0.2) is 20.2 Å². The highest BCUT2D eigenvalue weighted by Crippen LogP contribution is 2.24. The zero-order valence-corrected chi connectivity index (χ0v) is 7.74. The Labute approximate surface area is 84.2 Å². The molecule has 5 nitrogen and oxygen atoms in total. The SMILES string of the molecule is O=c1[nH]nc(-c2c[nH]c3ccccc23)[nH]1. The van der Waals surface area contributed by atoms with Crippen molar-refractivity contribution in [3.63, 3.8) is 0 Å². The van der Waals surface area contributed by atoms with Crippen molar-refractivity contribution in [2.24, 2.45) is 0 Å². The Morgan fingerprint density at radius 3 is 2.87 bits per heavy atom. The molecular formula is C10H8N4O. The van der Waals surface area contributed by atoms with E-state index in [0.717, 1.165) is 16.5 Å². The molecule has 15 heavy (non-hydrogen) atoms. The Balaban J connectivity index is 2.32. The van der Waals surface area contributed by atoms with Gasteiger partial charge in [0.05, 0.1) is 0 Å². The van der Waals surface area contributed by atoms with E-state index in [1.807, 2.05) is 30.5 Å². The van der Waals surface area contributed by atoms with Crippen LogP contribution in [0.25, 0.3) is 22.3 Å². The summed E-state index contributed by atoms with van der Waals surface area (Å²) in [6, 6.07) is 7.86. The molecule has 5 heteroatoms. The molecule has 0 bridgehead atoms. The van der Waals surface area contributed by atoms with E-state index in [1.165, 1.54) is 0 Å². The molecular weight excluding hydrogens is 192 g/mol. The van der Waals surface area contributed by atoms with Crippen molar-refractivity contribution in [3.8, 4) is 11.4 Å². The molecule has 3 rings (SSSR count). The molecule has 0 atom stereocenters. The van der Waals surface area contributed by atoms with E-state index in [2.05, 4.69) is 20.2 Å². The summed E-state index contributed by atoms with van der Waals surface area (Å²) in [7, 11) is 0. The molecule has 0 aliphatic rings. The molecule has 0 spiro atoms. The van der Waals surface area contributed by atoms with Gasteiger partial charge in [-0.15, -0.1) is 0 Å². The van der Waals surface area contributed by atoms with Gasteiger partial charge in [-0.2, -0.15) is 5.10 Å². The largest absolute Gasteiger partial charge is 0.360 e. The first-order valence-corrected chi connectivity index (χ1v) is 4.56. The Hall–Kier alpha value is -2.30. The number of aromatic amines is 3. The number of hydrogen-bond acceptors (Lipinski definition) is 2. The molecule has 0 fully saturated rings. The minimum atomic E-state index is -0.296. The number of H-pyrrole nitrogens is 3. The summed E-state index contributed by atoms with van der Waals surface area (Å²) in [5.41, 5.74) is 1.62. The highest BCUT2D eigenvalue weighted by molar-refractivity contribution is 5.93. The van der Waals surface area contributed by atoms with Crippen LogP contribution < -0.4 is 5.69 Å². The quantitative estimate of drug-likeness (QED) is 0.552. The smallest absolute Gasteiger partial charge is 0.340 e. The van der Waals surface area contributed by atoms with Crippen LogP contribution in [0.2, 0.25) is 0 Å². The van der Waals surface area contributed by atoms with Gasteiger partial charge in [0.15, 0.2) is 5.82 Å².